The summed E-state index contributed by atoms with van der Waals surface area (Å²) >= 11 is 0. The van der Waals surface area contributed by atoms with Crippen molar-refractivity contribution in [3.05, 3.63) is 24.3 Å². The Morgan fingerprint density at radius 1 is 1.35 bits per heavy atom. The third-order valence-corrected chi connectivity index (χ3v) is 4.24. The zero-order valence-corrected chi connectivity index (χ0v) is 13.4. The molecule has 0 heterocycles. The standard InChI is InChI=1S/C14H18N2O6S/c1-3-4-9-22-11-5-7-12(8-6-11)23(20,21)16-13(10(2)17)14(18)15-19/h5-8,10,13,16-17,19H,9H2,1-2H3,(H,15,18). The maximum absolute atomic E-state index is 12.2. The first-order valence-corrected chi connectivity index (χ1v) is 8.07. The number of hydroxylamine groups is 1. The van der Waals surface area contributed by atoms with Crippen LogP contribution in [0.1, 0.15) is 13.8 Å². The zero-order valence-electron chi connectivity index (χ0n) is 12.6. The van der Waals surface area contributed by atoms with Crippen LogP contribution >= 0.6 is 0 Å². The number of hydrogen-bond donors (Lipinski definition) is 4. The predicted octanol–water partition coefficient (Wildman–Crippen LogP) is -0.378. The summed E-state index contributed by atoms with van der Waals surface area (Å²) < 4.78 is 31.7. The van der Waals surface area contributed by atoms with Crippen molar-refractivity contribution in [1.82, 2.24) is 10.2 Å². The molecule has 0 radical (unpaired) electrons. The largest absolute Gasteiger partial charge is 0.481 e. The Balaban J connectivity index is 2.90. The Bertz CT molecular complexity index is 688. The van der Waals surface area contributed by atoms with E-state index in [2.05, 4.69) is 11.8 Å². The van der Waals surface area contributed by atoms with Crippen LogP contribution in [0.15, 0.2) is 29.2 Å². The van der Waals surface area contributed by atoms with Gasteiger partial charge in [-0.3, -0.25) is 10.0 Å². The summed E-state index contributed by atoms with van der Waals surface area (Å²) in [5, 5.41) is 18.0. The molecule has 1 aromatic carbocycles. The lowest BCUT2D eigenvalue weighted by Crippen LogP contribution is -2.51. The minimum absolute atomic E-state index is 0.122. The average Bonchev–Trinajstić information content (AvgIpc) is 2.52. The van der Waals surface area contributed by atoms with Crippen molar-refractivity contribution in [2.45, 2.75) is 30.9 Å². The monoisotopic (exact) mass is 342 g/mol. The molecule has 126 valence electrons. The second-order valence-electron chi connectivity index (χ2n) is 4.50. The number of hydrogen-bond acceptors (Lipinski definition) is 6. The highest BCUT2D eigenvalue weighted by molar-refractivity contribution is 7.89. The minimum Gasteiger partial charge on any atom is -0.481 e. The third kappa shape index (κ3) is 5.54. The van der Waals surface area contributed by atoms with Crippen LogP contribution in [0, 0.1) is 11.8 Å². The van der Waals surface area contributed by atoms with Crippen LogP contribution < -0.4 is 14.9 Å². The maximum atomic E-state index is 12.2. The molecule has 1 aromatic rings. The van der Waals surface area contributed by atoms with Crippen LogP contribution in [0.25, 0.3) is 0 Å². The molecule has 0 aliphatic rings. The lowest BCUT2D eigenvalue weighted by molar-refractivity contribution is -0.133. The number of carbonyl (C=O) groups is 1. The van der Waals surface area contributed by atoms with Gasteiger partial charge in [0.1, 0.15) is 18.4 Å². The molecule has 0 fully saturated rings. The van der Waals surface area contributed by atoms with Gasteiger partial charge in [-0.05, 0) is 38.1 Å². The Morgan fingerprint density at radius 3 is 2.43 bits per heavy atom. The van der Waals surface area contributed by atoms with Crippen LogP contribution in [0.5, 0.6) is 5.75 Å². The van der Waals surface area contributed by atoms with E-state index in [0.29, 0.717) is 5.75 Å². The molecule has 8 nitrogen and oxygen atoms in total. The number of benzene rings is 1. The minimum atomic E-state index is -4.07. The van der Waals surface area contributed by atoms with Crippen molar-refractivity contribution in [2.75, 3.05) is 6.61 Å². The van der Waals surface area contributed by atoms with Crippen LogP contribution in [-0.2, 0) is 14.8 Å². The third-order valence-electron chi connectivity index (χ3n) is 2.78. The van der Waals surface area contributed by atoms with Gasteiger partial charge in [0.25, 0.3) is 5.91 Å². The number of sulfonamides is 1. The molecule has 0 aliphatic carbocycles. The highest BCUT2D eigenvalue weighted by Crippen LogP contribution is 2.16. The van der Waals surface area contributed by atoms with Crippen molar-refractivity contribution >= 4 is 15.9 Å². The van der Waals surface area contributed by atoms with Crippen molar-refractivity contribution in [3.8, 4) is 17.6 Å². The van der Waals surface area contributed by atoms with Crippen LogP contribution in [0.3, 0.4) is 0 Å². The Morgan fingerprint density at radius 2 is 1.96 bits per heavy atom. The lowest BCUT2D eigenvalue weighted by atomic mass is 10.2. The summed E-state index contributed by atoms with van der Waals surface area (Å²) in [6, 6.07) is 3.92. The van der Waals surface area contributed by atoms with Gasteiger partial charge < -0.3 is 9.84 Å². The summed E-state index contributed by atoms with van der Waals surface area (Å²) in [7, 11) is -4.07. The van der Waals surface area contributed by atoms with Crippen LogP contribution in [0.4, 0.5) is 0 Å². The molecule has 0 aromatic heterocycles. The number of ether oxygens (including phenoxy) is 1. The van der Waals surface area contributed by atoms with Gasteiger partial charge in [-0.1, -0.05) is 5.92 Å². The normalized spacial score (nSPS) is 13.4. The molecule has 23 heavy (non-hydrogen) atoms. The molecule has 9 heteroatoms. The number of carbonyl (C=O) groups excluding carboxylic acids is 1. The van der Waals surface area contributed by atoms with Gasteiger partial charge in [0, 0.05) is 0 Å². The lowest BCUT2D eigenvalue weighted by Gasteiger charge is -2.19. The van der Waals surface area contributed by atoms with E-state index in [0.717, 1.165) is 0 Å². The van der Waals surface area contributed by atoms with E-state index in [1.165, 1.54) is 36.7 Å². The van der Waals surface area contributed by atoms with E-state index in [1.54, 1.807) is 6.92 Å². The molecular formula is C14H18N2O6S. The van der Waals surface area contributed by atoms with Gasteiger partial charge in [-0.25, -0.2) is 13.9 Å². The molecule has 1 rings (SSSR count). The first kappa shape index (κ1) is 18.9. The van der Waals surface area contributed by atoms with Crippen molar-refractivity contribution < 1.29 is 28.3 Å². The Labute approximate surface area is 134 Å². The van der Waals surface area contributed by atoms with E-state index in [9.17, 15) is 18.3 Å². The second kappa shape index (κ2) is 8.50. The Hall–Kier alpha value is -2.12. The first-order valence-electron chi connectivity index (χ1n) is 6.58. The molecule has 0 spiro atoms. The van der Waals surface area contributed by atoms with E-state index in [1.807, 2.05) is 4.72 Å². The highest BCUT2D eigenvalue weighted by Gasteiger charge is 2.29. The van der Waals surface area contributed by atoms with Crippen molar-refractivity contribution in [2.24, 2.45) is 0 Å². The van der Waals surface area contributed by atoms with Crippen LogP contribution in [0.2, 0.25) is 0 Å². The fourth-order valence-electron chi connectivity index (χ4n) is 1.58. The SMILES string of the molecule is CC#CCOc1ccc(S(=O)(=O)NC(C(=O)NO)C(C)O)cc1. The van der Waals surface area contributed by atoms with E-state index < -0.39 is 28.1 Å². The molecule has 1 amide bonds. The molecular weight excluding hydrogens is 324 g/mol. The number of aliphatic hydroxyl groups is 1. The van der Waals surface area contributed by atoms with E-state index >= 15 is 0 Å². The molecule has 2 atom stereocenters. The topological polar surface area (TPSA) is 125 Å². The van der Waals surface area contributed by atoms with Gasteiger partial charge in [-0.2, -0.15) is 4.72 Å². The van der Waals surface area contributed by atoms with Gasteiger partial charge in [0.15, 0.2) is 0 Å². The van der Waals surface area contributed by atoms with Gasteiger partial charge in [-0.15, -0.1) is 5.92 Å². The molecule has 0 saturated heterocycles. The molecule has 0 aliphatic heterocycles. The molecule has 0 bridgehead atoms. The number of amides is 1. The van der Waals surface area contributed by atoms with E-state index in [-0.39, 0.29) is 11.5 Å². The van der Waals surface area contributed by atoms with Gasteiger partial charge in [0.2, 0.25) is 10.0 Å². The van der Waals surface area contributed by atoms with Crippen molar-refractivity contribution in [3.63, 3.8) is 0 Å². The number of rotatable bonds is 7. The fraction of sp³-hybridized carbons (Fsp3) is 0.357. The Kier molecular flexibility index (Phi) is 6.99. The smallest absolute Gasteiger partial charge is 0.264 e. The average molecular weight is 342 g/mol. The molecule has 4 N–H and O–H groups in total. The zero-order chi connectivity index (χ0) is 17.5. The summed E-state index contributed by atoms with van der Waals surface area (Å²) in [5.74, 6) is 4.73. The summed E-state index contributed by atoms with van der Waals surface area (Å²) in [5.41, 5.74) is 1.30. The summed E-state index contributed by atoms with van der Waals surface area (Å²) in [4.78, 5) is 11.3. The quantitative estimate of drug-likeness (QED) is 0.304. The maximum Gasteiger partial charge on any atom is 0.264 e. The van der Waals surface area contributed by atoms with Crippen LogP contribution in [-0.4, -0.2) is 43.4 Å². The number of nitrogens with one attached hydrogen (secondary N) is 2. The predicted molar refractivity (Wildman–Crippen MR) is 81.1 cm³/mol. The highest BCUT2D eigenvalue weighted by atomic mass is 32.2. The van der Waals surface area contributed by atoms with Gasteiger partial charge in [0.05, 0.1) is 11.0 Å². The van der Waals surface area contributed by atoms with Gasteiger partial charge >= 0.3 is 0 Å². The summed E-state index contributed by atoms with van der Waals surface area (Å²) in [6.45, 7) is 3.07. The summed E-state index contributed by atoms with van der Waals surface area (Å²) in [6.07, 6.45) is -1.34. The second-order valence-corrected chi connectivity index (χ2v) is 6.22. The van der Waals surface area contributed by atoms with Crippen molar-refractivity contribution in [1.29, 1.82) is 0 Å². The van der Waals surface area contributed by atoms with E-state index in [4.69, 9.17) is 9.94 Å². The first-order chi connectivity index (χ1) is 10.8. The molecule has 0 saturated carbocycles. The fourth-order valence-corrected chi connectivity index (χ4v) is 2.85. The number of aliphatic hydroxyl groups excluding tert-OH is 1. The molecule has 2 unspecified atom stereocenters.